The number of piperazine rings is 1. The van der Waals surface area contributed by atoms with Crippen LogP contribution in [0, 0.1) is 0 Å². The Morgan fingerprint density at radius 3 is 2.21 bits per heavy atom. The Morgan fingerprint density at radius 2 is 1.71 bits per heavy atom. The summed E-state index contributed by atoms with van der Waals surface area (Å²) in [6, 6.07) is 6.80. The third-order valence-corrected chi connectivity index (χ3v) is 4.44. The van der Waals surface area contributed by atoms with Crippen LogP contribution in [0.25, 0.3) is 0 Å². The first-order valence-corrected chi connectivity index (χ1v) is 7.73. The molecule has 0 aliphatic carbocycles. The van der Waals surface area contributed by atoms with Crippen LogP contribution in [0.4, 0.5) is 14.5 Å². The van der Waals surface area contributed by atoms with Crippen molar-refractivity contribution in [2.75, 3.05) is 37.6 Å². The number of hydrogen-bond donors (Lipinski definition) is 1. The number of benzene rings is 1. The Kier molecular flexibility index (Phi) is 7.53. The van der Waals surface area contributed by atoms with Crippen LogP contribution >= 0.6 is 36.4 Å². The second kappa shape index (κ2) is 8.52. The molecule has 9 heteroatoms. The van der Waals surface area contributed by atoms with Crippen LogP contribution in [-0.4, -0.2) is 55.5 Å². The third kappa shape index (κ3) is 4.85. The van der Waals surface area contributed by atoms with Crippen molar-refractivity contribution in [3.8, 4) is 0 Å². The summed E-state index contributed by atoms with van der Waals surface area (Å²) >= 11 is 5.87. The van der Waals surface area contributed by atoms with E-state index in [2.05, 4.69) is 10.2 Å². The van der Waals surface area contributed by atoms with Gasteiger partial charge in [-0.2, -0.15) is 0 Å². The first kappa shape index (κ1) is 21.2. The molecule has 1 aromatic carbocycles. The number of rotatable bonds is 2. The fourth-order valence-electron chi connectivity index (χ4n) is 2.95. The van der Waals surface area contributed by atoms with Crippen LogP contribution in [-0.2, 0) is 4.79 Å². The SMILES string of the molecule is Cl.Cl.O=C(C1CC(F)(F)CN1)N1CCN(c2ccc(Cl)cc2)CC1. The number of nitrogens with zero attached hydrogens (tertiary/aromatic N) is 2. The normalized spacial score (nSPS) is 22.5. The van der Waals surface area contributed by atoms with E-state index < -0.39 is 24.9 Å². The van der Waals surface area contributed by atoms with E-state index in [0.717, 1.165) is 5.69 Å². The summed E-state index contributed by atoms with van der Waals surface area (Å²) in [6.45, 7) is 2.07. The molecule has 1 N–H and O–H groups in total. The van der Waals surface area contributed by atoms with Crippen molar-refractivity contribution >= 4 is 48.0 Å². The van der Waals surface area contributed by atoms with Crippen molar-refractivity contribution in [1.82, 2.24) is 10.2 Å². The molecule has 136 valence electrons. The number of halogens is 5. The minimum atomic E-state index is -2.77. The van der Waals surface area contributed by atoms with Crippen molar-refractivity contribution in [2.45, 2.75) is 18.4 Å². The lowest BCUT2D eigenvalue weighted by Gasteiger charge is -2.37. The van der Waals surface area contributed by atoms with Crippen molar-refractivity contribution in [1.29, 1.82) is 0 Å². The number of carbonyl (C=O) groups excluding carboxylic acids is 1. The molecule has 2 aliphatic rings. The fraction of sp³-hybridized carbons (Fsp3) is 0.533. The Bertz CT molecular complexity index is 551. The highest BCUT2D eigenvalue weighted by atomic mass is 35.5. The molecule has 24 heavy (non-hydrogen) atoms. The highest BCUT2D eigenvalue weighted by Gasteiger charge is 2.43. The smallest absolute Gasteiger partial charge is 0.262 e. The first-order valence-electron chi connectivity index (χ1n) is 7.35. The van der Waals surface area contributed by atoms with Gasteiger partial charge in [-0.05, 0) is 24.3 Å². The molecule has 4 nitrogen and oxygen atoms in total. The van der Waals surface area contributed by atoms with Crippen LogP contribution in [0.2, 0.25) is 5.02 Å². The van der Waals surface area contributed by atoms with E-state index >= 15 is 0 Å². The maximum Gasteiger partial charge on any atom is 0.262 e. The Hall–Kier alpha value is -0.820. The zero-order chi connectivity index (χ0) is 15.7. The van der Waals surface area contributed by atoms with E-state index in [4.69, 9.17) is 11.6 Å². The van der Waals surface area contributed by atoms with Gasteiger partial charge >= 0.3 is 0 Å². The van der Waals surface area contributed by atoms with E-state index in [0.29, 0.717) is 31.2 Å². The van der Waals surface area contributed by atoms with Gasteiger partial charge in [0.25, 0.3) is 5.92 Å². The fourth-order valence-corrected chi connectivity index (χ4v) is 3.07. The zero-order valence-electron chi connectivity index (χ0n) is 12.9. The quantitative estimate of drug-likeness (QED) is 0.826. The number of amides is 1. The predicted molar refractivity (Wildman–Crippen MR) is 96.1 cm³/mol. The lowest BCUT2D eigenvalue weighted by Crippen LogP contribution is -2.53. The summed E-state index contributed by atoms with van der Waals surface area (Å²) in [5, 5.41) is 3.31. The van der Waals surface area contributed by atoms with Crippen LogP contribution in [0.1, 0.15) is 6.42 Å². The maximum absolute atomic E-state index is 13.2. The van der Waals surface area contributed by atoms with Crippen LogP contribution in [0.3, 0.4) is 0 Å². The molecular formula is C15H20Cl3F2N3O. The molecular weight excluding hydrogens is 383 g/mol. The molecule has 2 aliphatic heterocycles. The molecule has 1 atom stereocenters. The molecule has 0 saturated carbocycles. The van der Waals surface area contributed by atoms with E-state index in [1.54, 1.807) is 4.90 Å². The Morgan fingerprint density at radius 1 is 1.12 bits per heavy atom. The third-order valence-electron chi connectivity index (χ3n) is 4.19. The minimum Gasteiger partial charge on any atom is -0.368 e. The van der Waals surface area contributed by atoms with Crippen LogP contribution in [0.5, 0.6) is 0 Å². The van der Waals surface area contributed by atoms with Crippen LogP contribution < -0.4 is 10.2 Å². The summed E-state index contributed by atoms with van der Waals surface area (Å²) in [7, 11) is 0. The number of carbonyl (C=O) groups is 1. The van der Waals surface area contributed by atoms with E-state index in [9.17, 15) is 13.6 Å². The standard InChI is InChI=1S/C15H18ClF2N3O.2ClH/c16-11-1-3-12(4-2-11)20-5-7-21(8-6-20)14(22)13-9-15(17,18)10-19-13;;/h1-4,13,19H,5-10H2;2*1H. The maximum atomic E-state index is 13.2. The molecule has 3 rings (SSSR count). The van der Waals surface area contributed by atoms with Crippen molar-refractivity contribution in [3.63, 3.8) is 0 Å². The van der Waals surface area contributed by atoms with Gasteiger partial charge in [-0.25, -0.2) is 8.78 Å². The number of anilines is 1. The Balaban J connectivity index is 0.00000144. The largest absolute Gasteiger partial charge is 0.368 e. The van der Waals surface area contributed by atoms with Crippen molar-refractivity contribution < 1.29 is 13.6 Å². The molecule has 2 saturated heterocycles. The first-order chi connectivity index (χ1) is 10.4. The summed E-state index contributed by atoms with van der Waals surface area (Å²) < 4.78 is 26.4. The monoisotopic (exact) mass is 401 g/mol. The lowest BCUT2D eigenvalue weighted by molar-refractivity contribution is -0.134. The highest BCUT2D eigenvalue weighted by molar-refractivity contribution is 6.30. The van der Waals surface area contributed by atoms with E-state index in [1.165, 1.54) is 0 Å². The molecule has 1 amide bonds. The average Bonchev–Trinajstić information content (AvgIpc) is 2.88. The minimum absolute atomic E-state index is 0. The van der Waals surface area contributed by atoms with Gasteiger partial charge in [-0.1, -0.05) is 11.6 Å². The molecule has 0 radical (unpaired) electrons. The zero-order valence-corrected chi connectivity index (χ0v) is 15.3. The van der Waals surface area contributed by atoms with Gasteiger partial charge in [0.05, 0.1) is 12.6 Å². The second-order valence-electron chi connectivity index (χ2n) is 5.78. The number of hydrogen-bond acceptors (Lipinski definition) is 3. The molecule has 1 unspecified atom stereocenters. The predicted octanol–water partition coefficient (Wildman–Crippen LogP) is 2.83. The van der Waals surface area contributed by atoms with Crippen molar-refractivity contribution in [3.05, 3.63) is 29.3 Å². The molecule has 0 spiro atoms. The van der Waals surface area contributed by atoms with Crippen molar-refractivity contribution in [2.24, 2.45) is 0 Å². The highest BCUT2D eigenvalue weighted by Crippen LogP contribution is 2.26. The van der Waals surface area contributed by atoms with Gasteiger partial charge in [0, 0.05) is 43.3 Å². The summed E-state index contributed by atoms with van der Waals surface area (Å²) in [4.78, 5) is 16.1. The Labute approximate surface area is 157 Å². The number of nitrogens with one attached hydrogen (secondary N) is 1. The molecule has 2 fully saturated rings. The second-order valence-corrected chi connectivity index (χ2v) is 6.22. The van der Waals surface area contributed by atoms with Gasteiger partial charge < -0.3 is 9.80 Å². The van der Waals surface area contributed by atoms with E-state index in [-0.39, 0.29) is 30.7 Å². The van der Waals surface area contributed by atoms with Gasteiger partial charge in [-0.3, -0.25) is 10.1 Å². The topological polar surface area (TPSA) is 35.6 Å². The molecule has 0 aromatic heterocycles. The van der Waals surface area contributed by atoms with E-state index in [1.807, 2.05) is 24.3 Å². The van der Waals surface area contributed by atoms with Crippen LogP contribution in [0.15, 0.2) is 24.3 Å². The van der Waals surface area contributed by atoms with Gasteiger partial charge in [-0.15, -0.1) is 24.8 Å². The van der Waals surface area contributed by atoms with Gasteiger partial charge in [0.1, 0.15) is 0 Å². The van der Waals surface area contributed by atoms with Gasteiger partial charge in [0.2, 0.25) is 5.91 Å². The molecule has 0 bridgehead atoms. The molecule has 1 aromatic rings. The summed E-state index contributed by atoms with van der Waals surface area (Å²) in [5.74, 6) is -2.99. The number of alkyl halides is 2. The summed E-state index contributed by atoms with van der Waals surface area (Å²) in [6.07, 6.45) is -0.400. The summed E-state index contributed by atoms with van der Waals surface area (Å²) in [5.41, 5.74) is 1.06. The molecule has 2 heterocycles. The lowest BCUT2D eigenvalue weighted by atomic mass is 10.1. The average molecular weight is 403 g/mol. The van der Waals surface area contributed by atoms with Gasteiger partial charge in [0.15, 0.2) is 0 Å².